The molecule has 0 fully saturated rings. The van der Waals surface area contributed by atoms with E-state index in [-0.39, 0.29) is 22.5 Å². The van der Waals surface area contributed by atoms with Crippen LogP contribution in [0.5, 0.6) is 0 Å². The second kappa shape index (κ2) is 6.08. The molecule has 6 heteroatoms. The third-order valence-corrected chi connectivity index (χ3v) is 4.01. The van der Waals surface area contributed by atoms with Gasteiger partial charge in [-0.3, -0.25) is 19.7 Å². The second-order valence-electron chi connectivity index (χ2n) is 5.44. The van der Waals surface area contributed by atoms with Crippen molar-refractivity contribution in [3.05, 3.63) is 87.0 Å². The molecule has 3 rings (SSSR count). The van der Waals surface area contributed by atoms with Crippen LogP contribution in [0.1, 0.15) is 27.4 Å². The quantitative estimate of drug-likeness (QED) is 0.530. The number of carbonyl (C=O) groups excluding carboxylic acids is 2. The smallest absolute Gasteiger partial charge is 0.234 e. The van der Waals surface area contributed by atoms with Gasteiger partial charge in [0.2, 0.25) is 18.1 Å². The maximum atomic E-state index is 12.5. The highest BCUT2D eigenvalue weighted by Crippen LogP contribution is 2.36. The minimum absolute atomic E-state index is 0.108. The van der Waals surface area contributed by atoms with Crippen LogP contribution in [0.3, 0.4) is 0 Å². The summed E-state index contributed by atoms with van der Waals surface area (Å²) in [6.45, 7) is -0.593. The van der Waals surface area contributed by atoms with E-state index in [1.165, 1.54) is 12.1 Å². The lowest BCUT2D eigenvalue weighted by molar-refractivity contribution is -0.481. The molecule has 0 heterocycles. The molecule has 1 N–H and O–H groups in total. The van der Waals surface area contributed by atoms with Crippen molar-refractivity contribution in [1.82, 2.24) is 0 Å². The van der Waals surface area contributed by atoms with Gasteiger partial charge < -0.3 is 5.11 Å². The van der Waals surface area contributed by atoms with Crippen molar-refractivity contribution in [2.45, 2.75) is 5.92 Å². The standard InChI is InChI=1S/C18H13NO5/c20-16-12-8-4-5-9-13(12)17(21)18(22)15(16)14(10-19(23)24)11-6-2-1-3-7-11/h1-9,14,20H,10H2/t14-/m1/s1. The number of aliphatic hydroxyl groups excluding tert-OH is 1. The van der Waals surface area contributed by atoms with Crippen LogP contribution < -0.4 is 0 Å². The molecule has 0 aromatic heterocycles. The SMILES string of the molecule is O=C1C(=O)c2ccccc2C(O)=C1[C@H](C[N+](=O)[O-])c1ccccc1. The Kier molecular flexibility index (Phi) is 3.95. The molecule has 0 aliphatic heterocycles. The molecule has 6 nitrogen and oxygen atoms in total. The summed E-state index contributed by atoms with van der Waals surface area (Å²) < 4.78 is 0. The van der Waals surface area contributed by atoms with Crippen molar-refractivity contribution in [2.24, 2.45) is 0 Å². The first-order valence-electron chi connectivity index (χ1n) is 7.29. The first-order valence-corrected chi connectivity index (χ1v) is 7.29. The zero-order valence-electron chi connectivity index (χ0n) is 12.5. The largest absolute Gasteiger partial charge is 0.507 e. The summed E-state index contributed by atoms with van der Waals surface area (Å²) in [6.07, 6.45) is 0. The number of nitrogens with zero attached hydrogens (tertiary/aromatic N) is 1. The van der Waals surface area contributed by atoms with E-state index < -0.39 is 29.0 Å². The number of fused-ring (bicyclic) bond motifs is 1. The number of nitro groups is 1. The molecular weight excluding hydrogens is 310 g/mol. The van der Waals surface area contributed by atoms with Gasteiger partial charge in [0.05, 0.1) is 11.5 Å². The monoisotopic (exact) mass is 323 g/mol. The van der Waals surface area contributed by atoms with Crippen LogP contribution in [-0.4, -0.2) is 28.1 Å². The summed E-state index contributed by atoms with van der Waals surface area (Å²) >= 11 is 0. The van der Waals surface area contributed by atoms with Gasteiger partial charge in [-0.2, -0.15) is 0 Å². The first-order chi connectivity index (χ1) is 11.5. The third kappa shape index (κ3) is 2.58. The number of rotatable bonds is 4. The Labute approximate surface area is 137 Å². The lowest BCUT2D eigenvalue weighted by atomic mass is 9.79. The van der Waals surface area contributed by atoms with Gasteiger partial charge in [0.1, 0.15) is 5.76 Å². The highest BCUT2D eigenvalue weighted by atomic mass is 16.6. The minimum Gasteiger partial charge on any atom is -0.507 e. The first kappa shape index (κ1) is 15.6. The summed E-state index contributed by atoms with van der Waals surface area (Å²) in [5.74, 6) is -3.03. The molecule has 0 radical (unpaired) electrons. The topological polar surface area (TPSA) is 97.5 Å². The molecule has 0 saturated heterocycles. The third-order valence-electron chi connectivity index (χ3n) is 4.01. The average molecular weight is 323 g/mol. The van der Waals surface area contributed by atoms with Crippen molar-refractivity contribution in [1.29, 1.82) is 0 Å². The van der Waals surface area contributed by atoms with Gasteiger partial charge in [-0.1, -0.05) is 54.6 Å². The Balaban J connectivity index is 2.21. The van der Waals surface area contributed by atoms with E-state index in [9.17, 15) is 24.8 Å². The minimum atomic E-state index is -0.994. The van der Waals surface area contributed by atoms with Crippen molar-refractivity contribution in [3.63, 3.8) is 0 Å². The van der Waals surface area contributed by atoms with Crippen molar-refractivity contribution >= 4 is 17.3 Å². The van der Waals surface area contributed by atoms with Gasteiger partial charge in [-0.25, -0.2) is 0 Å². The van der Waals surface area contributed by atoms with Gasteiger partial charge in [-0.05, 0) is 5.56 Å². The highest BCUT2D eigenvalue weighted by molar-refractivity contribution is 6.52. The number of carbonyl (C=O) groups is 2. The number of aliphatic hydroxyl groups is 1. The molecule has 1 aliphatic carbocycles. The van der Waals surface area contributed by atoms with Crippen molar-refractivity contribution < 1.29 is 19.6 Å². The van der Waals surface area contributed by atoms with E-state index in [0.29, 0.717) is 5.56 Å². The molecule has 1 atom stereocenters. The van der Waals surface area contributed by atoms with Crippen LogP contribution >= 0.6 is 0 Å². The van der Waals surface area contributed by atoms with Gasteiger partial charge in [0.25, 0.3) is 0 Å². The van der Waals surface area contributed by atoms with Crippen LogP contribution in [0.25, 0.3) is 5.76 Å². The van der Waals surface area contributed by atoms with Crippen LogP contribution in [0.4, 0.5) is 0 Å². The molecule has 24 heavy (non-hydrogen) atoms. The normalized spacial score (nSPS) is 15.2. The molecule has 120 valence electrons. The molecule has 2 aromatic carbocycles. The number of Topliss-reactive ketones (excluding diaryl/α,β-unsaturated/α-hetero) is 2. The molecule has 0 unspecified atom stereocenters. The molecular formula is C18H13NO5. The van der Waals surface area contributed by atoms with Crippen LogP contribution in [0, 0.1) is 10.1 Å². The Morgan fingerprint density at radius 3 is 2.12 bits per heavy atom. The zero-order chi connectivity index (χ0) is 17.3. The summed E-state index contributed by atoms with van der Waals surface area (Å²) in [5.41, 5.74) is 0.607. The van der Waals surface area contributed by atoms with E-state index in [2.05, 4.69) is 0 Å². The van der Waals surface area contributed by atoms with Crippen LogP contribution in [0.2, 0.25) is 0 Å². The van der Waals surface area contributed by atoms with Crippen molar-refractivity contribution in [3.8, 4) is 0 Å². The summed E-state index contributed by atoms with van der Waals surface area (Å²) in [7, 11) is 0. The number of hydrogen-bond donors (Lipinski definition) is 1. The zero-order valence-corrected chi connectivity index (χ0v) is 12.5. The number of benzene rings is 2. The maximum Gasteiger partial charge on any atom is 0.234 e. The molecule has 0 spiro atoms. The maximum absolute atomic E-state index is 12.5. The van der Waals surface area contributed by atoms with Crippen molar-refractivity contribution in [2.75, 3.05) is 6.54 Å². The predicted octanol–water partition coefficient (Wildman–Crippen LogP) is 2.78. The lowest BCUT2D eigenvalue weighted by Crippen LogP contribution is -2.30. The lowest BCUT2D eigenvalue weighted by Gasteiger charge is -2.22. The van der Waals surface area contributed by atoms with E-state index in [4.69, 9.17) is 0 Å². The summed E-state index contributed by atoms with van der Waals surface area (Å²) in [5, 5.41) is 21.6. The number of hydrogen-bond acceptors (Lipinski definition) is 5. The van der Waals surface area contributed by atoms with Gasteiger partial charge in [0, 0.05) is 16.1 Å². The molecule has 0 bridgehead atoms. The molecule has 0 saturated carbocycles. The fourth-order valence-electron chi connectivity index (χ4n) is 2.91. The molecule has 1 aliphatic rings. The predicted molar refractivity (Wildman–Crippen MR) is 86.4 cm³/mol. The van der Waals surface area contributed by atoms with Gasteiger partial charge in [-0.15, -0.1) is 0 Å². The van der Waals surface area contributed by atoms with Gasteiger partial charge >= 0.3 is 0 Å². The summed E-state index contributed by atoms with van der Waals surface area (Å²) in [4.78, 5) is 35.3. The number of ketones is 2. The van der Waals surface area contributed by atoms with Gasteiger partial charge in [0.15, 0.2) is 0 Å². The Morgan fingerprint density at radius 2 is 1.50 bits per heavy atom. The Hall–Kier alpha value is -3.28. The fourth-order valence-corrected chi connectivity index (χ4v) is 2.91. The van der Waals surface area contributed by atoms with E-state index in [1.807, 2.05) is 0 Å². The molecule has 2 aromatic rings. The highest BCUT2D eigenvalue weighted by Gasteiger charge is 2.39. The second-order valence-corrected chi connectivity index (χ2v) is 5.44. The average Bonchev–Trinajstić information content (AvgIpc) is 2.59. The Morgan fingerprint density at radius 1 is 0.917 bits per heavy atom. The Bertz CT molecular complexity index is 870. The van der Waals surface area contributed by atoms with E-state index >= 15 is 0 Å². The van der Waals surface area contributed by atoms with Crippen LogP contribution in [0.15, 0.2) is 60.2 Å². The van der Waals surface area contributed by atoms with E-state index in [0.717, 1.165) is 0 Å². The van der Waals surface area contributed by atoms with Crippen LogP contribution in [-0.2, 0) is 4.79 Å². The fraction of sp³-hybridized carbons (Fsp3) is 0.111. The van der Waals surface area contributed by atoms with E-state index in [1.54, 1.807) is 42.5 Å². The summed E-state index contributed by atoms with van der Waals surface area (Å²) in [6, 6.07) is 14.6. The molecule has 0 amide bonds.